The molecular weight excluding hydrogens is 224 g/mol. The molecule has 5 heteroatoms. The Morgan fingerprint density at radius 1 is 1.69 bits per heavy atom. The maximum atomic E-state index is 9.02. The fourth-order valence-corrected chi connectivity index (χ4v) is 2.03. The number of rotatable bonds is 2. The summed E-state index contributed by atoms with van der Waals surface area (Å²) in [6, 6.07) is 6.03. The number of nitrogens with one attached hydrogen (secondary N) is 1. The fourth-order valence-electron chi connectivity index (χ4n) is 1.84. The fraction of sp³-hybridized carbons (Fsp3) is 0.455. The molecule has 0 bridgehead atoms. The number of nitriles is 1. The number of hydrogen-bond acceptors (Lipinski definition) is 4. The van der Waals surface area contributed by atoms with E-state index in [1.165, 1.54) is 0 Å². The zero-order chi connectivity index (χ0) is 11.4. The lowest BCUT2D eigenvalue weighted by Gasteiger charge is -2.31. The van der Waals surface area contributed by atoms with E-state index in [1.807, 2.05) is 12.1 Å². The highest BCUT2D eigenvalue weighted by atomic mass is 35.5. The van der Waals surface area contributed by atoms with Crippen molar-refractivity contribution in [1.82, 2.24) is 15.2 Å². The second-order valence-electron chi connectivity index (χ2n) is 3.81. The topological polar surface area (TPSA) is 52.0 Å². The minimum atomic E-state index is -0.0549. The summed E-state index contributed by atoms with van der Waals surface area (Å²) in [6.45, 7) is 3.30. The van der Waals surface area contributed by atoms with Crippen molar-refractivity contribution in [2.24, 2.45) is 0 Å². The lowest BCUT2D eigenvalue weighted by molar-refractivity contribution is 0.189. The highest BCUT2D eigenvalue weighted by molar-refractivity contribution is 6.29. The van der Waals surface area contributed by atoms with Gasteiger partial charge in [-0.15, -0.1) is 0 Å². The average molecular weight is 237 g/mol. The standard InChI is InChI=1S/C11H13ClN4/c12-11-5-9(1-2-15-11)8-16-4-3-14-7-10(16)6-13/h1-2,5,10,14H,3-4,7-8H2. The lowest BCUT2D eigenvalue weighted by Crippen LogP contribution is -2.49. The van der Waals surface area contributed by atoms with E-state index < -0.39 is 0 Å². The summed E-state index contributed by atoms with van der Waals surface area (Å²) in [5.41, 5.74) is 1.10. The third-order valence-corrected chi connectivity index (χ3v) is 2.89. The van der Waals surface area contributed by atoms with Gasteiger partial charge < -0.3 is 5.32 Å². The van der Waals surface area contributed by atoms with Crippen molar-refractivity contribution in [3.05, 3.63) is 29.0 Å². The summed E-state index contributed by atoms with van der Waals surface area (Å²) >= 11 is 5.83. The molecule has 1 fully saturated rings. The van der Waals surface area contributed by atoms with Crippen LogP contribution in [0.2, 0.25) is 5.15 Å². The quantitative estimate of drug-likeness (QED) is 0.780. The van der Waals surface area contributed by atoms with E-state index in [-0.39, 0.29) is 6.04 Å². The molecule has 1 saturated heterocycles. The molecular formula is C11H13ClN4. The van der Waals surface area contributed by atoms with E-state index in [1.54, 1.807) is 6.20 Å². The smallest absolute Gasteiger partial charge is 0.129 e. The Balaban J connectivity index is 2.05. The summed E-state index contributed by atoms with van der Waals surface area (Å²) in [5.74, 6) is 0. The molecule has 0 radical (unpaired) electrons. The van der Waals surface area contributed by atoms with Crippen LogP contribution in [0.4, 0.5) is 0 Å². The molecule has 2 heterocycles. The summed E-state index contributed by atoms with van der Waals surface area (Å²) in [6.07, 6.45) is 1.70. The van der Waals surface area contributed by atoms with Crippen LogP contribution in [0.1, 0.15) is 5.56 Å². The Morgan fingerprint density at radius 2 is 2.56 bits per heavy atom. The van der Waals surface area contributed by atoms with Crippen molar-refractivity contribution >= 4 is 11.6 Å². The van der Waals surface area contributed by atoms with Crippen LogP contribution in [0.5, 0.6) is 0 Å². The maximum Gasteiger partial charge on any atom is 0.129 e. The summed E-state index contributed by atoms with van der Waals surface area (Å²) < 4.78 is 0. The zero-order valence-electron chi connectivity index (χ0n) is 8.86. The third-order valence-electron chi connectivity index (χ3n) is 2.68. The van der Waals surface area contributed by atoms with Gasteiger partial charge in [0.1, 0.15) is 11.2 Å². The second-order valence-corrected chi connectivity index (χ2v) is 4.19. The minimum absolute atomic E-state index is 0.0549. The molecule has 1 aromatic heterocycles. The van der Waals surface area contributed by atoms with Gasteiger partial charge in [-0.3, -0.25) is 4.90 Å². The van der Waals surface area contributed by atoms with Gasteiger partial charge >= 0.3 is 0 Å². The first kappa shape index (κ1) is 11.3. The van der Waals surface area contributed by atoms with Crippen molar-refractivity contribution in [2.45, 2.75) is 12.6 Å². The van der Waals surface area contributed by atoms with Crippen molar-refractivity contribution in [3.63, 3.8) is 0 Å². The molecule has 0 spiro atoms. The summed E-state index contributed by atoms with van der Waals surface area (Å²) in [7, 11) is 0. The number of pyridine rings is 1. The van der Waals surface area contributed by atoms with Crippen molar-refractivity contribution < 1.29 is 0 Å². The van der Waals surface area contributed by atoms with Gasteiger partial charge in [0.15, 0.2) is 0 Å². The van der Waals surface area contributed by atoms with Gasteiger partial charge in [0, 0.05) is 32.4 Å². The molecule has 4 nitrogen and oxygen atoms in total. The van der Waals surface area contributed by atoms with Gasteiger partial charge in [0.05, 0.1) is 6.07 Å². The number of aromatic nitrogens is 1. The van der Waals surface area contributed by atoms with Crippen LogP contribution < -0.4 is 5.32 Å². The largest absolute Gasteiger partial charge is 0.313 e. The van der Waals surface area contributed by atoms with Gasteiger partial charge in [0.25, 0.3) is 0 Å². The molecule has 1 aliphatic heterocycles. The van der Waals surface area contributed by atoms with Crippen LogP contribution in [-0.4, -0.2) is 35.6 Å². The third kappa shape index (κ3) is 2.70. The SMILES string of the molecule is N#CC1CNCCN1Cc1ccnc(Cl)c1. The van der Waals surface area contributed by atoms with E-state index in [2.05, 4.69) is 21.3 Å². The lowest BCUT2D eigenvalue weighted by atomic mass is 10.1. The number of piperazine rings is 1. The summed E-state index contributed by atoms with van der Waals surface area (Å²) in [4.78, 5) is 6.10. The van der Waals surface area contributed by atoms with Crippen molar-refractivity contribution in [2.75, 3.05) is 19.6 Å². The molecule has 1 aliphatic rings. The highest BCUT2D eigenvalue weighted by Crippen LogP contribution is 2.12. The Morgan fingerprint density at radius 3 is 3.31 bits per heavy atom. The molecule has 0 amide bonds. The highest BCUT2D eigenvalue weighted by Gasteiger charge is 2.21. The molecule has 1 unspecified atom stereocenters. The normalized spacial score (nSPS) is 21.6. The average Bonchev–Trinajstić information content (AvgIpc) is 2.30. The second kappa shape index (κ2) is 5.26. The first-order chi connectivity index (χ1) is 7.79. The van der Waals surface area contributed by atoms with Gasteiger partial charge in [-0.25, -0.2) is 4.98 Å². The molecule has 84 valence electrons. The Labute approximate surface area is 99.8 Å². The van der Waals surface area contributed by atoms with Crippen LogP contribution in [0, 0.1) is 11.3 Å². The van der Waals surface area contributed by atoms with Crippen LogP contribution in [0.3, 0.4) is 0 Å². The maximum absolute atomic E-state index is 9.02. The molecule has 16 heavy (non-hydrogen) atoms. The van der Waals surface area contributed by atoms with Crippen LogP contribution in [0.25, 0.3) is 0 Å². The van der Waals surface area contributed by atoms with Crippen LogP contribution >= 0.6 is 11.6 Å². The van der Waals surface area contributed by atoms with E-state index in [0.717, 1.165) is 31.7 Å². The van der Waals surface area contributed by atoms with Gasteiger partial charge in [-0.2, -0.15) is 5.26 Å². The van der Waals surface area contributed by atoms with E-state index in [4.69, 9.17) is 16.9 Å². The molecule has 0 saturated carbocycles. The molecule has 0 aromatic carbocycles. The molecule has 1 N–H and O–H groups in total. The first-order valence-electron chi connectivity index (χ1n) is 5.24. The van der Waals surface area contributed by atoms with Gasteiger partial charge in [-0.05, 0) is 17.7 Å². The number of hydrogen-bond donors (Lipinski definition) is 1. The molecule has 0 aliphatic carbocycles. The van der Waals surface area contributed by atoms with E-state index >= 15 is 0 Å². The first-order valence-corrected chi connectivity index (χ1v) is 5.62. The minimum Gasteiger partial charge on any atom is -0.313 e. The number of halogens is 1. The Hall–Kier alpha value is -1.15. The van der Waals surface area contributed by atoms with Crippen molar-refractivity contribution in [3.8, 4) is 6.07 Å². The summed E-state index contributed by atoms with van der Waals surface area (Å²) in [5, 5.41) is 12.7. The predicted molar refractivity (Wildman–Crippen MR) is 61.9 cm³/mol. The van der Waals surface area contributed by atoms with E-state index in [9.17, 15) is 0 Å². The Bertz CT molecular complexity index is 401. The van der Waals surface area contributed by atoms with Gasteiger partial charge in [-0.1, -0.05) is 11.6 Å². The van der Waals surface area contributed by atoms with Crippen molar-refractivity contribution in [1.29, 1.82) is 5.26 Å². The van der Waals surface area contributed by atoms with E-state index in [0.29, 0.717) is 5.15 Å². The van der Waals surface area contributed by atoms with Gasteiger partial charge in [0.2, 0.25) is 0 Å². The predicted octanol–water partition coefficient (Wildman–Crippen LogP) is 1.03. The van der Waals surface area contributed by atoms with Crippen LogP contribution in [-0.2, 0) is 6.54 Å². The van der Waals surface area contributed by atoms with Crippen LogP contribution in [0.15, 0.2) is 18.3 Å². The molecule has 1 aromatic rings. The zero-order valence-corrected chi connectivity index (χ0v) is 9.61. The number of nitrogens with zero attached hydrogens (tertiary/aromatic N) is 3. The molecule has 2 rings (SSSR count). The monoisotopic (exact) mass is 236 g/mol. The Kier molecular flexibility index (Phi) is 3.73. The molecule has 1 atom stereocenters.